The summed E-state index contributed by atoms with van der Waals surface area (Å²) >= 11 is 0. The zero-order valence-corrected chi connectivity index (χ0v) is 16.8. The Morgan fingerprint density at radius 2 is 1.29 bits per heavy atom. The summed E-state index contributed by atoms with van der Waals surface area (Å²) in [4.78, 5) is 2.01. The molecule has 0 saturated heterocycles. The summed E-state index contributed by atoms with van der Waals surface area (Å²) in [6, 6.07) is 7.60. The Labute approximate surface area is 174 Å². The van der Waals surface area contributed by atoms with Gasteiger partial charge >= 0.3 is 12.7 Å². The van der Waals surface area contributed by atoms with E-state index in [-0.39, 0.29) is 0 Å². The van der Waals surface area contributed by atoms with Crippen LogP contribution < -0.4 is 14.8 Å². The third-order valence-corrected chi connectivity index (χ3v) is 4.52. The van der Waals surface area contributed by atoms with Crippen LogP contribution in [0.25, 0.3) is 21.8 Å². The van der Waals surface area contributed by atoms with Crippen molar-refractivity contribution in [3.63, 3.8) is 0 Å². The van der Waals surface area contributed by atoms with E-state index in [9.17, 15) is 26.3 Å². The van der Waals surface area contributed by atoms with E-state index in [1.807, 2.05) is 23.6 Å². The maximum absolute atomic E-state index is 12.6. The second-order valence-electron chi connectivity index (χ2n) is 7.16. The number of nitrogens with one attached hydrogen (secondary N) is 1. The largest absolute Gasteiger partial charge is 0.573 e. The van der Waals surface area contributed by atoms with E-state index in [1.54, 1.807) is 0 Å². The molecule has 1 aromatic heterocycles. The first-order chi connectivity index (χ1) is 14.4. The molecule has 0 bridgehead atoms. The Bertz CT molecular complexity index is 970. The van der Waals surface area contributed by atoms with Crippen LogP contribution in [0.3, 0.4) is 0 Å². The van der Waals surface area contributed by atoms with Crippen molar-refractivity contribution in [1.82, 2.24) is 14.8 Å². The van der Waals surface area contributed by atoms with Gasteiger partial charge in [0.05, 0.1) is 0 Å². The first-order valence-corrected chi connectivity index (χ1v) is 9.36. The van der Waals surface area contributed by atoms with Gasteiger partial charge in [0.15, 0.2) is 0 Å². The third-order valence-electron chi connectivity index (χ3n) is 4.52. The topological polar surface area (TPSA) is 38.7 Å². The van der Waals surface area contributed by atoms with Crippen molar-refractivity contribution in [2.75, 3.05) is 33.7 Å². The predicted octanol–water partition coefficient (Wildman–Crippen LogP) is 4.74. The first-order valence-electron chi connectivity index (χ1n) is 9.36. The van der Waals surface area contributed by atoms with E-state index in [0.717, 1.165) is 13.1 Å². The van der Waals surface area contributed by atoms with E-state index in [2.05, 4.69) is 14.8 Å². The van der Waals surface area contributed by atoms with Gasteiger partial charge in [-0.1, -0.05) is 0 Å². The molecular weight excluding hydrogens is 428 g/mol. The highest BCUT2D eigenvalue weighted by Crippen LogP contribution is 2.36. The molecule has 0 aliphatic heterocycles. The van der Waals surface area contributed by atoms with Crippen LogP contribution >= 0.6 is 0 Å². The number of likely N-dealkylation sites (N-methyl/N-ethyl adjacent to an activating group) is 1. The highest BCUT2D eigenvalue weighted by Gasteiger charge is 2.32. The van der Waals surface area contributed by atoms with Crippen LogP contribution in [0.2, 0.25) is 0 Å². The molecule has 0 amide bonds. The number of rotatable bonds is 8. The summed E-state index contributed by atoms with van der Waals surface area (Å²) < 4.78 is 85.5. The molecule has 5 nitrogen and oxygen atoms in total. The molecule has 0 atom stereocenters. The quantitative estimate of drug-likeness (QED) is 0.398. The van der Waals surface area contributed by atoms with Gasteiger partial charge in [-0.05, 0) is 50.5 Å². The van der Waals surface area contributed by atoms with Crippen molar-refractivity contribution in [1.29, 1.82) is 0 Å². The maximum Gasteiger partial charge on any atom is 0.573 e. The zero-order chi connectivity index (χ0) is 22.8. The van der Waals surface area contributed by atoms with E-state index in [0.29, 0.717) is 34.9 Å². The minimum absolute atomic E-state index is 0.331. The fraction of sp³-hybridized carbons (Fsp3) is 0.400. The summed E-state index contributed by atoms with van der Waals surface area (Å²) in [5.74, 6) is -0.907. The van der Waals surface area contributed by atoms with Crippen molar-refractivity contribution in [2.24, 2.45) is 0 Å². The average Bonchev–Trinajstić information content (AvgIpc) is 2.91. The van der Waals surface area contributed by atoms with Crippen molar-refractivity contribution >= 4 is 21.8 Å². The van der Waals surface area contributed by atoms with Crippen LogP contribution in [0.1, 0.15) is 0 Å². The van der Waals surface area contributed by atoms with Crippen LogP contribution in [-0.2, 0) is 6.54 Å². The minimum Gasteiger partial charge on any atom is -0.406 e. The van der Waals surface area contributed by atoms with Gasteiger partial charge in [-0.2, -0.15) is 0 Å². The molecule has 3 aromatic rings. The molecule has 0 fully saturated rings. The summed E-state index contributed by atoms with van der Waals surface area (Å²) in [5.41, 5.74) is 1.14. The number of alkyl halides is 6. The molecule has 2 aromatic carbocycles. The number of ether oxygens (including phenoxy) is 2. The molecule has 0 radical (unpaired) electrons. The molecular formula is C20H21F6N3O2. The summed E-state index contributed by atoms with van der Waals surface area (Å²) in [6.45, 7) is 2.58. The van der Waals surface area contributed by atoms with Gasteiger partial charge in [-0.25, -0.2) is 0 Å². The second kappa shape index (κ2) is 8.83. The molecule has 0 spiro atoms. The fourth-order valence-electron chi connectivity index (χ4n) is 3.32. The summed E-state index contributed by atoms with van der Waals surface area (Å²) in [5, 5.41) is 3.92. The maximum atomic E-state index is 12.6. The Hall–Kier alpha value is -2.66. The average molecular weight is 449 g/mol. The fourth-order valence-corrected chi connectivity index (χ4v) is 3.32. The molecule has 1 heterocycles. The monoisotopic (exact) mass is 449 g/mol. The van der Waals surface area contributed by atoms with Gasteiger partial charge < -0.3 is 24.3 Å². The standard InChI is InChI=1S/C20H21F6N3O2/c1-28(2)9-7-27-8-10-29-17-5-3-13(30-19(21,22)23)11-15(17)16-12-14(4-6-18(16)29)31-20(24,25)26/h3-6,11-12,27H,7-10H2,1-2H3. The molecule has 3 rings (SSSR count). The number of hydrogen-bond acceptors (Lipinski definition) is 4. The SMILES string of the molecule is CN(C)CCNCCn1c2ccc(OC(F)(F)F)cc2c2cc(OC(F)(F)F)ccc21. The number of aromatic nitrogens is 1. The normalized spacial score (nSPS) is 12.8. The first kappa shape index (κ1) is 23.0. The van der Waals surface area contributed by atoms with Gasteiger partial charge in [-0.15, -0.1) is 26.3 Å². The Morgan fingerprint density at radius 1 is 0.806 bits per heavy atom. The minimum atomic E-state index is -4.88. The van der Waals surface area contributed by atoms with Crippen molar-refractivity contribution in [3.8, 4) is 11.5 Å². The van der Waals surface area contributed by atoms with Gasteiger partial charge in [0.25, 0.3) is 0 Å². The number of halogens is 6. The third kappa shape index (κ3) is 6.17. The predicted molar refractivity (Wildman–Crippen MR) is 104 cm³/mol. The van der Waals surface area contributed by atoms with Crippen molar-refractivity contribution in [2.45, 2.75) is 19.3 Å². The van der Waals surface area contributed by atoms with Gasteiger partial charge in [0, 0.05) is 48.0 Å². The van der Waals surface area contributed by atoms with E-state index in [1.165, 1.54) is 36.4 Å². The van der Waals surface area contributed by atoms with Crippen molar-refractivity contribution in [3.05, 3.63) is 36.4 Å². The lowest BCUT2D eigenvalue weighted by Gasteiger charge is -2.12. The van der Waals surface area contributed by atoms with Crippen LogP contribution in [0, 0.1) is 0 Å². The molecule has 11 heteroatoms. The molecule has 0 saturated carbocycles. The highest BCUT2D eigenvalue weighted by atomic mass is 19.4. The highest BCUT2D eigenvalue weighted by molar-refractivity contribution is 6.09. The Kier molecular flexibility index (Phi) is 6.56. The lowest BCUT2D eigenvalue weighted by Crippen LogP contribution is -2.28. The van der Waals surface area contributed by atoms with Crippen LogP contribution in [-0.4, -0.2) is 55.9 Å². The smallest absolute Gasteiger partial charge is 0.406 e. The van der Waals surface area contributed by atoms with E-state index >= 15 is 0 Å². The van der Waals surface area contributed by atoms with Gasteiger partial charge in [0.1, 0.15) is 11.5 Å². The van der Waals surface area contributed by atoms with Gasteiger partial charge in [0.2, 0.25) is 0 Å². The summed E-state index contributed by atoms with van der Waals surface area (Å²) in [7, 11) is 3.88. The second-order valence-corrected chi connectivity index (χ2v) is 7.16. The van der Waals surface area contributed by atoms with Crippen LogP contribution in [0.4, 0.5) is 26.3 Å². The lowest BCUT2D eigenvalue weighted by atomic mass is 10.1. The number of fused-ring (bicyclic) bond motifs is 3. The molecule has 1 N–H and O–H groups in total. The number of benzene rings is 2. The molecule has 0 aliphatic rings. The molecule has 0 unspecified atom stereocenters. The molecule has 0 aliphatic carbocycles. The molecule has 31 heavy (non-hydrogen) atoms. The summed E-state index contributed by atoms with van der Waals surface area (Å²) in [6.07, 6.45) is -9.76. The van der Waals surface area contributed by atoms with Crippen LogP contribution in [0.5, 0.6) is 11.5 Å². The number of hydrogen-bond donors (Lipinski definition) is 1. The van der Waals surface area contributed by atoms with Gasteiger partial charge in [-0.3, -0.25) is 0 Å². The van der Waals surface area contributed by atoms with E-state index < -0.39 is 24.2 Å². The van der Waals surface area contributed by atoms with E-state index in [4.69, 9.17) is 0 Å². The Morgan fingerprint density at radius 3 is 1.71 bits per heavy atom. The van der Waals surface area contributed by atoms with Crippen molar-refractivity contribution < 1.29 is 35.8 Å². The zero-order valence-electron chi connectivity index (χ0n) is 16.8. The number of nitrogens with zero attached hydrogens (tertiary/aromatic N) is 2. The van der Waals surface area contributed by atoms with Crippen LogP contribution in [0.15, 0.2) is 36.4 Å². The lowest BCUT2D eigenvalue weighted by molar-refractivity contribution is -0.275. The Balaban J connectivity index is 2.00. The molecule has 170 valence electrons.